The van der Waals surface area contributed by atoms with Crippen LogP contribution in [0.4, 0.5) is 5.82 Å². The summed E-state index contributed by atoms with van der Waals surface area (Å²) in [6.45, 7) is -0.505. The lowest BCUT2D eigenvalue weighted by molar-refractivity contribution is -0.0574. The Kier molecular flexibility index (Phi) is 3.82. The Hall–Kier alpha value is -2.21. The summed E-state index contributed by atoms with van der Waals surface area (Å²) in [5.41, 5.74) is 16.4. The molecule has 0 saturated carbocycles. The first-order valence-electron chi connectivity index (χ1n) is 5.98. The zero-order valence-electron chi connectivity index (χ0n) is 10.9. The highest BCUT2D eigenvalue weighted by Crippen LogP contribution is 2.32. The summed E-state index contributed by atoms with van der Waals surface area (Å²) in [6, 6.07) is 0. The highest BCUT2D eigenvalue weighted by atomic mass is 16.6. The van der Waals surface area contributed by atoms with Crippen molar-refractivity contribution in [1.82, 2.24) is 9.78 Å². The van der Waals surface area contributed by atoms with Gasteiger partial charge in [-0.25, -0.2) is 4.68 Å². The predicted molar refractivity (Wildman–Crippen MR) is 71.7 cm³/mol. The van der Waals surface area contributed by atoms with Gasteiger partial charge in [0.05, 0.1) is 12.2 Å². The van der Waals surface area contributed by atoms with Gasteiger partial charge in [0.1, 0.15) is 41.5 Å². The van der Waals surface area contributed by atoms with E-state index in [0.29, 0.717) is 0 Å². The number of nitrogens with zero attached hydrogens (tertiary/aromatic N) is 2. The second-order valence-electron chi connectivity index (χ2n) is 4.61. The molecule has 1 aromatic rings. The zero-order chi connectivity index (χ0) is 15.9. The molecule has 11 nitrogen and oxygen atoms in total. The monoisotopic (exact) mass is 299 g/mol. The fourth-order valence-electron chi connectivity index (χ4n) is 2.18. The Labute approximate surface area is 118 Å². The third kappa shape index (κ3) is 2.31. The van der Waals surface area contributed by atoms with Crippen LogP contribution in [-0.2, 0) is 4.74 Å². The fourth-order valence-corrected chi connectivity index (χ4v) is 2.18. The van der Waals surface area contributed by atoms with E-state index in [1.165, 1.54) is 0 Å². The first kappa shape index (κ1) is 15.2. The van der Waals surface area contributed by atoms with E-state index in [1.807, 2.05) is 0 Å². The van der Waals surface area contributed by atoms with Gasteiger partial charge in [-0.05, 0) is 0 Å². The number of anilines is 1. The maximum atomic E-state index is 9.94. The smallest absolute Gasteiger partial charge is 0.181 e. The molecular formula is C10H17N7O4. The second-order valence-corrected chi connectivity index (χ2v) is 4.61. The normalized spacial score (nSPS) is 28.7. The molecule has 116 valence electrons. The molecule has 21 heavy (non-hydrogen) atoms. The van der Waals surface area contributed by atoms with Crippen LogP contribution < -0.4 is 17.2 Å². The molecule has 2 rings (SSSR count). The van der Waals surface area contributed by atoms with Crippen molar-refractivity contribution in [1.29, 1.82) is 10.8 Å². The molecule has 4 atom stereocenters. The number of hydrogen-bond acceptors (Lipinski definition) is 8. The van der Waals surface area contributed by atoms with Gasteiger partial charge in [-0.15, -0.1) is 0 Å². The molecule has 0 bridgehead atoms. The molecule has 11 heteroatoms. The highest BCUT2D eigenvalue weighted by Gasteiger charge is 2.45. The zero-order valence-corrected chi connectivity index (χ0v) is 10.9. The van der Waals surface area contributed by atoms with Crippen LogP contribution in [0.1, 0.15) is 17.5 Å². The van der Waals surface area contributed by atoms with Crippen molar-refractivity contribution in [3.05, 3.63) is 11.3 Å². The molecule has 1 fully saturated rings. The van der Waals surface area contributed by atoms with E-state index in [0.717, 1.165) is 4.68 Å². The van der Waals surface area contributed by atoms with Crippen molar-refractivity contribution >= 4 is 17.5 Å². The summed E-state index contributed by atoms with van der Waals surface area (Å²) in [5.74, 6) is -1.05. The number of nitrogens with two attached hydrogens (primary N) is 3. The second kappa shape index (κ2) is 5.29. The van der Waals surface area contributed by atoms with Crippen LogP contribution in [0.2, 0.25) is 0 Å². The van der Waals surface area contributed by atoms with Crippen molar-refractivity contribution in [2.24, 2.45) is 11.5 Å². The maximum Gasteiger partial charge on any atom is 0.181 e. The predicted octanol–water partition coefficient (Wildman–Crippen LogP) is -3.36. The summed E-state index contributed by atoms with van der Waals surface area (Å²) in [4.78, 5) is 0. The Bertz CT molecular complexity index is 586. The number of hydrogen-bond donors (Lipinski definition) is 8. The van der Waals surface area contributed by atoms with E-state index < -0.39 is 42.8 Å². The van der Waals surface area contributed by atoms with Gasteiger partial charge < -0.3 is 37.3 Å². The molecule has 0 unspecified atom stereocenters. The van der Waals surface area contributed by atoms with Gasteiger partial charge in [-0.1, -0.05) is 0 Å². The largest absolute Gasteiger partial charge is 0.394 e. The van der Waals surface area contributed by atoms with Crippen LogP contribution in [0.25, 0.3) is 0 Å². The molecule has 1 aliphatic heterocycles. The van der Waals surface area contributed by atoms with Crippen molar-refractivity contribution in [3.8, 4) is 0 Å². The Balaban J connectivity index is 2.48. The van der Waals surface area contributed by atoms with Gasteiger partial charge in [0.15, 0.2) is 6.23 Å². The molecule has 0 radical (unpaired) electrons. The SMILES string of the molecule is N=C(N)c1nn([C@@H]2O[C@H](CO)[C@@H](O)[C@H]2O)c(N)c1C(=N)N. The number of rotatable bonds is 4. The molecule has 2 heterocycles. The van der Waals surface area contributed by atoms with Crippen molar-refractivity contribution in [2.45, 2.75) is 24.5 Å². The number of amidine groups is 2. The lowest BCUT2D eigenvalue weighted by Gasteiger charge is -2.16. The summed E-state index contributed by atoms with van der Waals surface area (Å²) in [5, 5.41) is 47.5. The highest BCUT2D eigenvalue weighted by molar-refractivity contribution is 6.09. The molecule has 1 aromatic heterocycles. The molecule has 0 aliphatic carbocycles. The summed E-state index contributed by atoms with van der Waals surface area (Å²) >= 11 is 0. The summed E-state index contributed by atoms with van der Waals surface area (Å²) in [6.07, 6.45) is -4.92. The average Bonchev–Trinajstić information content (AvgIpc) is 2.89. The summed E-state index contributed by atoms with van der Waals surface area (Å²) in [7, 11) is 0. The van der Waals surface area contributed by atoms with Gasteiger partial charge in [0, 0.05) is 0 Å². The Morgan fingerprint density at radius 2 is 1.86 bits per heavy atom. The third-order valence-electron chi connectivity index (χ3n) is 3.23. The van der Waals surface area contributed by atoms with E-state index in [9.17, 15) is 10.2 Å². The van der Waals surface area contributed by atoms with Crippen molar-refractivity contribution in [2.75, 3.05) is 12.3 Å². The van der Waals surface area contributed by atoms with E-state index in [1.54, 1.807) is 0 Å². The van der Waals surface area contributed by atoms with Gasteiger partial charge in [-0.2, -0.15) is 5.10 Å². The van der Waals surface area contributed by atoms with E-state index in [4.69, 9.17) is 37.9 Å². The molecule has 0 aromatic carbocycles. The van der Waals surface area contributed by atoms with E-state index in [-0.39, 0.29) is 17.1 Å². The molecule has 1 aliphatic rings. The average molecular weight is 299 g/mol. The van der Waals surface area contributed by atoms with Gasteiger partial charge >= 0.3 is 0 Å². The number of nitrogen functional groups attached to an aromatic ring is 3. The first-order chi connectivity index (χ1) is 9.79. The van der Waals surface area contributed by atoms with Crippen molar-refractivity contribution in [3.63, 3.8) is 0 Å². The maximum absolute atomic E-state index is 9.94. The van der Waals surface area contributed by atoms with Gasteiger partial charge in [0.2, 0.25) is 0 Å². The first-order valence-corrected chi connectivity index (χ1v) is 5.98. The number of nitrogens with one attached hydrogen (secondary N) is 2. The molecular weight excluding hydrogens is 282 g/mol. The Morgan fingerprint density at radius 1 is 1.24 bits per heavy atom. The van der Waals surface area contributed by atoms with Crippen LogP contribution >= 0.6 is 0 Å². The van der Waals surface area contributed by atoms with E-state index >= 15 is 0 Å². The standard InChI is InChI=1S/C10H17N7O4/c11-7(12)3-4(8(13)14)16-17(9(3)15)10-6(20)5(19)2(1-18)21-10/h2,5-6,10,18-20H,1,15H2,(H3,11,12)(H3,13,14)/t2-,5-,6-,10-/m1/s1. The number of ether oxygens (including phenoxy) is 1. The topological polar surface area (TPSA) is 214 Å². The van der Waals surface area contributed by atoms with Gasteiger partial charge in [-0.3, -0.25) is 10.8 Å². The fraction of sp³-hybridized carbons (Fsp3) is 0.500. The number of aromatic nitrogens is 2. The quantitative estimate of drug-likeness (QED) is 0.207. The molecule has 0 spiro atoms. The van der Waals surface area contributed by atoms with Crippen LogP contribution in [0.15, 0.2) is 0 Å². The Morgan fingerprint density at radius 3 is 2.24 bits per heavy atom. The van der Waals surface area contributed by atoms with Crippen LogP contribution in [0.3, 0.4) is 0 Å². The third-order valence-corrected chi connectivity index (χ3v) is 3.23. The van der Waals surface area contributed by atoms with E-state index in [2.05, 4.69) is 5.10 Å². The molecule has 11 N–H and O–H groups in total. The minimum atomic E-state index is -1.40. The van der Waals surface area contributed by atoms with Crippen molar-refractivity contribution < 1.29 is 20.1 Å². The number of aliphatic hydroxyl groups excluding tert-OH is 3. The minimum Gasteiger partial charge on any atom is -0.394 e. The summed E-state index contributed by atoms with van der Waals surface area (Å²) < 4.78 is 6.26. The lowest BCUT2D eigenvalue weighted by Crippen LogP contribution is -2.33. The lowest BCUT2D eigenvalue weighted by atomic mass is 10.1. The minimum absolute atomic E-state index is 0.0553. The van der Waals surface area contributed by atoms with Gasteiger partial charge in [0.25, 0.3) is 0 Å². The molecule has 0 amide bonds. The number of aliphatic hydroxyl groups is 3. The van der Waals surface area contributed by atoms with Crippen LogP contribution in [0.5, 0.6) is 0 Å². The van der Waals surface area contributed by atoms with Crippen LogP contribution in [0, 0.1) is 10.8 Å². The molecule has 1 saturated heterocycles. The van der Waals surface area contributed by atoms with Crippen LogP contribution in [-0.4, -0.2) is 61.7 Å².